The van der Waals surface area contributed by atoms with Gasteiger partial charge in [0.25, 0.3) is 0 Å². The summed E-state index contributed by atoms with van der Waals surface area (Å²) in [6.07, 6.45) is 0. The van der Waals surface area contributed by atoms with E-state index in [2.05, 4.69) is 32.6 Å². The van der Waals surface area contributed by atoms with Gasteiger partial charge in [-0.3, -0.25) is 4.90 Å². The van der Waals surface area contributed by atoms with Gasteiger partial charge in [0.2, 0.25) is 0 Å². The standard InChI is InChI=1S/C10H21Cl2NO/c1-7(2)13(8(3)4)5-9(6-14)10(11)12/h7-10,14H,5-6H2,1-4H3. The maximum atomic E-state index is 9.11. The molecule has 0 heterocycles. The van der Waals surface area contributed by atoms with Crippen molar-refractivity contribution in [2.24, 2.45) is 5.92 Å². The predicted molar refractivity (Wildman–Crippen MR) is 63.0 cm³/mol. The summed E-state index contributed by atoms with van der Waals surface area (Å²) in [6.45, 7) is 9.30. The van der Waals surface area contributed by atoms with E-state index in [1.54, 1.807) is 0 Å². The van der Waals surface area contributed by atoms with Crippen molar-refractivity contribution in [2.75, 3.05) is 13.2 Å². The van der Waals surface area contributed by atoms with E-state index in [1.807, 2.05) is 0 Å². The van der Waals surface area contributed by atoms with Crippen LogP contribution in [-0.2, 0) is 0 Å². The molecule has 4 heteroatoms. The van der Waals surface area contributed by atoms with Crippen LogP contribution < -0.4 is 0 Å². The third-order valence-electron chi connectivity index (χ3n) is 2.36. The highest BCUT2D eigenvalue weighted by molar-refractivity contribution is 6.44. The van der Waals surface area contributed by atoms with Crippen LogP contribution in [0.15, 0.2) is 0 Å². The third-order valence-corrected chi connectivity index (χ3v) is 3.08. The fraction of sp³-hybridized carbons (Fsp3) is 1.00. The van der Waals surface area contributed by atoms with Crippen molar-refractivity contribution < 1.29 is 5.11 Å². The van der Waals surface area contributed by atoms with Crippen LogP contribution in [0.3, 0.4) is 0 Å². The topological polar surface area (TPSA) is 23.5 Å². The summed E-state index contributed by atoms with van der Waals surface area (Å²) in [5, 5.41) is 9.11. The van der Waals surface area contributed by atoms with E-state index >= 15 is 0 Å². The van der Waals surface area contributed by atoms with Gasteiger partial charge < -0.3 is 5.11 Å². The lowest BCUT2D eigenvalue weighted by Crippen LogP contribution is -2.42. The van der Waals surface area contributed by atoms with Crippen LogP contribution in [0, 0.1) is 5.92 Å². The average Bonchev–Trinajstić information content (AvgIpc) is 2.03. The number of rotatable bonds is 6. The molecule has 0 saturated carbocycles. The molecule has 0 amide bonds. The Bertz CT molecular complexity index is 143. The molecule has 0 rings (SSSR count). The molecule has 0 aliphatic carbocycles. The number of hydrogen-bond donors (Lipinski definition) is 1. The molecular weight excluding hydrogens is 221 g/mol. The minimum Gasteiger partial charge on any atom is -0.396 e. The Morgan fingerprint density at radius 1 is 1.07 bits per heavy atom. The molecule has 1 N–H and O–H groups in total. The molecule has 0 aromatic carbocycles. The maximum Gasteiger partial charge on any atom is 0.114 e. The molecule has 0 bridgehead atoms. The van der Waals surface area contributed by atoms with Gasteiger partial charge in [0.05, 0.1) is 0 Å². The number of aliphatic hydroxyl groups is 1. The lowest BCUT2D eigenvalue weighted by molar-refractivity contribution is 0.119. The van der Waals surface area contributed by atoms with Crippen molar-refractivity contribution in [1.29, 1.82) is 0 Å². The van der Waals surface area contributed by atoms with Crippen LogP contribution in [0.4, 0.5) is 0 Å². The van der Waals surface area contributed by atoms with E-state index in [4.69, 9.17) is 28.3 Å². The molecule has 1 atom stereocenters. The van der Waals surface area contributed by atoms with Gasteiger partial charge in [0.1, 0.15) is 4.84 Å². The summed E-state index contributed by atoms with van der Waals surface area (Å²) in [5.41, 5.74) is 0. The fourth-order valence-electron chi connectivity index (χ4n) is 1.51. The van der Waals surface area contributed by atoms with E-state index in [0.717, 1.165) is 6.54 Å². The Balaban J connectivity index is 4.26. The molecule has 14 heavy (non-hydrogen) atoms. The number of alkyl halides is 2. The highest BCUT2D eigenvalue weighted by Crippen LogP contribution is 2.18. The Hall–Kier alpha value is 0.500. The first kappa shape index (κ1) is 14.5. The van der Waals surface area contributed by atoms with Crippen LogP contribution in [-0.4, -0.2) is 40.1 Å². The first-order valence-corrected chi connectivity index (χ1v) is 5.92. The highest BCUT2D eigenvalue weighted by Gasteiger charge is 2.22. The molecule has 2 nitrogen and oxygen atoms in total. The Morgan fingerprint density at radius 2 is 1.50 bits per heavy atom. The Kier molecular flexibility index (Phi) is 7.13. The molecule has 0 spiro atoms. The molecular formula is C10H21Cl2NO. The van der Waals surface area contributed by atoms with Crippen LogP contribution in [0.5, 0.6) is 0 Å². The first-order valence-electron chi connectivity index (χ1n) is 5.04. The molecule has 0 saturated heterocycles. The SMILES string of the molecule is CC(C)N(CC(CO)C(Cl)Cl)C(C)C. The summed E-state index contributed by atoms with van der Waals surface area (Å²) in [4.78, 5) is 1.78. The number of aliphatic hydroxyl groups excluding tert-OH is 1. The van der Waals surface area contributed by atoms with Crippen LogP contribution >= 0.6 is 23.2 Å². The van der Waals surface area contributed by atoms with E-state index in [0.29, 0.717) is 12.1 Å². The monoisotopic (exact) mass is 241 g/mol. The van der Waals surface area contributed by atoms with Crippen molar-refractivity contribution in [3.8, 4) is 0 Å². The fourth-order valence-corrected chi connectivity index (χ4v) is 1.82. The van der Waals surface area contributed by atoms with Crippen molar-refractivity contribution in [3.05, 3.63) is 0 Å². The number of halogens is 2. The molecule has 86 valence electrons. The minimum absolute atomic E-state index is 0.0353. The summed E-state index contributed by atoms with van der Waals surface area (Å²) in [6, 6.07) is 0.882. The van der Waals surface area contributed by atoms with Crippen molar-refractivity contribution >= 4 is 23.2 Å². The zero-order chi connectivity index (χ0) is 11.3. The van der Waals surface area contributed by atoms with Gasteiger partial charge in [-0.25, -0.2) is 0 Å². The molecule has 1 unspecified atom stereocenters. The zero-order valence-electron chi connectivity index (χ0n) is 9.37. The van der Waals surface area contributed by atoms with E-state index < -0.39 is 4.84 Å². The second kappa shape index (κ2) is 6.89. The molecule has 0 aliphatic heterocycles. The van der Waals surface area contributed by atoms with Crippen LogP contribution in [0.25, 0.3) is 0 Å². The summed E-state index contributed by atoms with van der Waals surface area (Å²) >= 11 is 11.6. The summed E-state index contributed by atoms with van der Waals surface area (Å²) < 4.78 is 0. The van der Waals surface area contributed by atoms with E-state index in [-0.39, 0.29) is 12.5 Å². The normalized spacial score (nSPS) is 14.8. The van der Waals surface area contributed by atoms with E-state index in [9.17, 15) is 0 Å². The second-order valence-electron chi connectivity index (χ2n) is 4.16. The maximum absolute atomic E-state index is 9.11. The van der Waals surface area contributed by atoms with Crippen molar-refractivity contribution in [1.82, 2.24) is 4.90 Å². The highest BCUT2D eigenvalue weighted by atomic mass is 35.5. The van der Waals surface area contributed by atoms with Gasteiger partial charge >= 0.3 is 0 Å². The third kappa shape index (κ3) is 4.83. The second-order valence-corrected chi connectivity index (χ2v) is 5.33. The lowest BCUT2D eigenvalue weighted by Gasteiger charge is -2.33. The van der Waals surface area contributed by atoms with Gasteiger partial charge in [-0.05, 0) is 27.7 Å². The smallest absolute Gasteiger partial charge is 0.114 e. The molecule has 0 aromatic heterocycles. The van der Waals surface area contributed by atoms with Gasteiger partial charge in [-0.2, -0.15) is 0 Å². The Labute approximate surface area is 97.2 Å². The quantitative estimate of drug-likeness (QED) is 0.723. The van der Waals surface area contributed by atoms with Crippen LogP contribution in [0.2, 0.25) is 0 Å². The largest absolute Gasteiger partial charge is 0.396 e. The van der Waals surface area contributed by atoms with Crippen molar-refractivity contribution in [2.45, 2.75) is 44.6 Å². The minimum atomic E-state index is -0.500. The zero-order valence-corrected chi connectivity index (χ0v) is 10.9. The van der Waals surface area contributed by atoms with Gasteiger partial charge in [-0.15, -0.1) is 23.2 Å². The number of nitrogens with zero attached hydrogens (tertiary/aromatic N) is 1. The molecule has 0 aromatic rings. The first-order chi connectivity index (χ1) is 6.40. The van der Waals surface area contributed by atoms with Crippen molar-refractivity contribution in [3.63, 3.8) is 0 Å². The summed E-state index contributed by atoms with van der Waals surface area (Å²) in [7, 11) is 0. The summed E-state index contributed by atoms with van der Waals surface area (Å²) in [5.74, 6) is -0.0665. The molecule has 0 radical (unpaired) electrons. The lowest BCUT2D eigenvalue weighted by atomic mass is 10.1. The Morgan fingerprint density at radius 3 is 1.71 bits per heavy atom. The average molecular weight is 242 g/mol. The molecule has 0 fully saturated rings. The number of hydrogen-bond acceptors (Lipinski definition) is 2. The van der Waals surface area contributed by atoms with Crippen LogP contribution in [0.1, 0.15) is 27.7 Å². The van der Waals surface area contributed by atoms with Gasteiger partial charge in [0.15, 0.2) is 0 Å². The van der Waals surface area contributed by atoms with Gasteiger partial charge in [0, 0.05) is 31.2 Å². The van der Waals surface area contributed by atoms with Gasteiger partial charge in [-0.1, -0.05) is 0 Å². The van der Waals surface area contributed by atoms with E-state index in [1.165, 1.54) is 0 Å². The molecule has 0 aliphatic rings. The predicted octanol–water partition coefficient (Wildman–Crippen LogP) is 2.52.